The van der Waals surface area contributed by atoms with Crippen LogP contribution in [0.3, 0.4) is 0 Å². The van der Waals surface area contributed by atoms with Crippen molar-refractivity contribution < 1.29 is 37.8 Å². The van der Waals surface area contributed by atoms with E-state index in [1.165, 1.54) is 6.07 Å². The number of likely N-dealkylation sites (tertiary alicyclic amines) is 2. The van der Waals surface area contributed by atoms with E-state index in [4.69, 9.17) is 9.47 Å². The number of hydrogen-bond donors (Lipinski definition) is 3. The van der Waals surface area contributed by atoms with Gasteiger partial charge < -0.3 is 39.7 Å². The topological polar surface area (TPSA) is 193 Å². The molecule has 0 spiro atoms. The summed E-state index contributed by atoms with van der Waals surface area (Å²) in [6.07, 6.45) is 9.18. The molecule has 1 saturated carbocycles. The van der Waals surface area contributed by atoms with Gasteiger partial charge in [-0.2, -0.15) is 5.10 Å². The van der Waals surface area contributed by atoms with E-state index in [2.05, 4.69) is 30.6 Å². The van der Waals surface area contributed by atoms with Crippen LogP contribution in [-0.4, -0.2) is 187 Å². The zero-order chi connectivity index (χ0) is 57.8. The molecular weight excluding hydrogens is 1060 g/mol. The molecule has 5 fully saturated rings. The van der Waals surface area contributed by atoms with Crippen molar-refractivity contribution in [2.75, 3.05) is 112 Å². The van der Waals surface area contributed by atoms with Crippen molar-refractivity contribution >= 4 is 40.3 Å². The van der Waals surface area contributed by atoms with Crippen LogP contribution in [-0.2, 0) is 27.3 Å². The number of piperidine rings is 2. The summed E-state index contributed by atoms with van der Waals surface area (Å²) in [5, 5.41) is 14.5. The number of halogens is 1. The second kappa shape index (κ2) is 27.9. The Bertz CT molecular complexity index is 3130. The molecule has 18 nitrogen and oxygen atoms in total. The third-order valence-electron chi connectivity index (χ3n) is 17.9. The molecule has 10 rings (SSSR count). The summed E-state index contributed by atoms with van der Waals surface area (Å²) in [6.45, 7) is 11.6. The predicted molar refractivity (Wildman–Crippen MR) is 315 cm³/mol. The fraction of sp³-hybridized carbons (Fsp3) is 0.516. The molecule has 2 unspecified atom stereocenters. The van der Waals surface area contributed by atoms with Crippen LogP contribution in [0.1, 0.15) is 114 Å². The zero-order valence-corrected chi connectivity index (χ0v) is 48.3. The van der Waals surface area contributed by atoms with E-state index in [0.29, 0.717) is 112 Å². The van der Waals surface area contributed by atoms with Crippen LogP contribution in [0, 0.1) is 17.7 Å². The predicted octanol–water partition coefficient (Wildman–Crippen LogP) is 6.08. The number of nitrogens with one attached hydrogen (secondary N) is 3. The first kappa shape index (κ1) is 59.0. The number of carbonyl (C=O) groups excluding carboxylic acids is 5. The maximum absolute atomic E-state index is 15.2. The summed E-state index contributed by atoms with van der Waals surface area (Å²) < 4.78 is 26.3. The number of ether oxygens (including phenoxy) is 2. The molecule has 0 bridgehead atoms. The van der Waals surface area contributed by atoms with Gasteiger partial charge in [0, 0.05) is 113 Å². The third kappa shape index (κ3) is 14.8. The number of methoxy groups -OCH3 is 1. The second-order valence-electron chi connectivity index (χ2n) is 23.2. The van der Waals surface area contributed by atoms with E-state index in [1.807, 2.05) is 71.3 Å². The average molecular weight is 1140 g/mol. The first-order chi connectivity index (χ1) is 40.4. The molecule has 1 aromatic heterocycles. The summed E-state index contributed by atoms with van der Waals surface area (Å²) in [7, 11) is 1.62. The van der Waals surface area contributed by atoms with Gasteiger partial charge in [0.1, 0.15) is 23.4 Å². The second-order valence-corrected chi connectivity index (χ2v) is 23.2. The summed E-state index contributed by atoms with van der Waals surface area (Å²) >= 11 is 0. The highest BCUT2D eigenvalue weighted by Gasteiger charge is 2.37. The molecule has 1 aliphatic carbocycles. The fourth-order valence-electron chi connectivity index (χ4n) is 13.0. The summed E-state index contributed by atoms with van der Waals surface area (Å²) in [6, 6.07) is 24.5. The highest BCUT2D eigenvalue weighted by Crippen LogP contribution is 2.31. The molecular formula is C64H81FN10O8. The average Bonchev–Trinajstić information content (AvgIpc) is 3.66. The molecule has 4 aromatic carbocycles. The van der Waals surface area contributed by atoms with Gasteiger partial charge in [0.05, 0.1) is 43.4 Å². The Hall–Kier alpha value is -7.22. The molecule has 2 atom stereocenters. The third-order valence-corrected chi connectivity index (χ3v) is 17.9. The van der Waals surface area contributed by atoms with Gasteiger partial charge in [-0.1, -0.05) is 61.7 Å². The largest absolute Gasteiger partial charge is 0.497 e. The van der Waals surface area contributed by atoms with Crippen LogP contribution in [0.15, 0.2) is 89.7 Å². The minimum absolute atomic E-state index is 0.0129. The Morgan fingerprint density at radius 1 is 0.723 bits per heavy atom. The van der Waals surface area contributed by atoms with Crippen molar-refractivity contribution in [1.82, 2.24) is 50.2 Å². The minimum atomic E-state index is -0.609. The number of carbonyl (C=O) groups is 5. The number of H-pyrrole nitrogens is 1. The van der Waals surface area contributed by atoms with Crippen LogP contribution in [0.25, 0.3) is 10.8 Å². The molecule has 83 heavy (non-hydrogen) atoms. The Kier molecular flexibility index (Phi) is 19.8. The smallest absolute Gasteiger partial charge is 0.272 e. The molecule has 19 heteroatoms. The van der Waals surface area contributed by atoms with Gasteiger partial charge in [-0.05, 0) is 118 Å². The van der Waals surface area contributed by atoms with Gasteiger partial charge in [-0.25, -0.2) is 9.49 Å². The quantitative estimate of drug-likeness (QED) is 0.0866. The van der Waals surface area contributed by atoms with Crippen LogP contribution >= 0.6 is 0 Å². The molecule has 4 aliphatic heterocycles. The lowest BCUT2D eigenvalue weighted by Crippen LogP contribution is -2.57. The molecule has 0 radical (unpaired) electrons. The maximum Gasteiger partial charge on any atom is 0.272 e. The first-order valence-electron chi connectivity index (χ1n) is 30.2. The van der Waals surface area contributed by atoms with E-state index in [1.54, 1.807) is 41.2 Å². The summed E-state index contributed by atoms with van der Waals surface area (Å²) in [5.41, 5.74) is 3.59. The Morgan fingerprint density at radius 3 is 2.18 bits per heavy atom. The number of amides is 5. The van der Waals surface area contributed by atoms with Crippen molar-refractivity contribution in [3.05, 3.63) is 135 Å². The first-order valence-corrected chi connectivity index (χ1v) is 30.2. The maximum atomic E-state index is 15.2. The summed E-state index contributed by atoms with van der Waals surface area (Å²) in [4.78, 5) is 93.3. The molecule has 5 aliphatic rings. The van der Waals surface area contributed by atoms with Gasteiger partial charge in [0.15, 0.2) is 0 Å². The number of aromatic amines is 1. The molecule has 3 N–H and O–H groups in total. The highest BCUT2D eigenvalue weighted by atomic mass is 19.1. The van der Waals surface area contributed by atoms with Crippen molar-refractivity contribution in [2.24, 2.45) is 11.8 Å². The van der Waals surface area contributed by atoms with Crippen LogP contribution in [0.2, 0.25) is 0 Å². The van der Waals surface area contributed by atoms with E-state index in [9.17, 15) is 28.8 Å². The molecule has 442 valence electrons. The fourth-order valence-corrected chi connectivity index (χ4v) is 13.0. The van der Waals surface area contributed by atoms with Crippen molar-refractivity contribution in [2.45, 2.75) is 89.6 Å². The van der Waals surface area contributed by atoms with E-state index in [0.717, 1.165) is 113 Å². The van der Waals surface area contributed by atoms with Crippen LogP contribution in [0.5, 0.6) is 11.5 Å². The van der Waals surface area contributed by atoms with Crippen LogP contribution in [0.4, 0.5) is 4.39 Å². The van der Waals surface area contributed by atoms with Gasteiger partial charge in [-0.3, -0.25) is 38.6 Å². The van der Waals surface area contributed by atoms with Crippen molar-refractivity contribution in [3.63, 3.8) is 0 Å². The highest BCUT2D eigenvalue weighted by molar-refractivity contribution is 5.98. The lowest BCUT2D eigenvalue weighted by Gasteiger charge is -2.41. The Labute approximate surface area is 486 Å². The van der Waals surface area contributed by atoms with E-state index in [-0.39, 0.29) is 53.1 Å². The lowest BCUT2D eigenvalue weighted by atomic mass is 9.83. The zero-order valence-electron chi connectivity index (χ0n) is 48.3. The normalized spacial score (nSPS) is 19.1. The summed E-state index contributed by atoms with van der Waals surface area (Å²) in [5.74, 6) is 1.04. The van der Waals surface area contributed by atoms with E-state index >= 15 is 4.39 Å². The molecule has 5 aromatic rings. The van der Waals surface area contributed by atoms with Gasteiger partial charge in [0.25, 0.3) is 17.4 Å². The number of fused-ring (bicyclic) bond motifs is 1. The number of hydrogen-bond acceptors (Lipinski definition) is 12. The molecule has 4 saturated heterocycles. The van der Waals surface area contributed by atoms with E-state index < -0.39 is 17.8 Å². The Morgan fingerprint density at radius 2 is 1.45 bits per heavy atom. The number of benzene rings is 4. The van der Waals surface area contributed by atoms with Gasteiger partial charge in [0.2, 0.25) is 17.7 Å². The lowest BCUT2D eigenvalue weighted by molar-refractivity contribution is -0.137. The standard InChI is InChI=1S/C64H81FN10O8/c1-3-83-57-38-51(82-2)21-20-49(57)39-66-40-58(76)75-25-9-12-50(42-75)46-16-18-48(19-17-46)61(78)67-60(47-10-5-4-6-11-47)64(81)74-30-28-71(29-31-74)41-44-23-26-70(27-24-44)43-59(77)72-32-34-73(35-33-72)63(80)54-36-45(15-22-55(54)65)37-56-52-13-7-8-14-53(52)62(79)69-68-56/h7-8,13-22,36,38,44,47,50,60,66H,3-6,9-12,23-35,37,39-43H2,1-2H3,(H,67,78)(H,69,79). The number of aromatic nitrogens is 2. The van der Waals surface area contributed by atoms with Crippen molar-refractivity contribution in [3.8, 4) is 11.5 Å². The van der Waals surface area contributed by atoms with Gasteiger partial charge >= 0.3 is 0 Å². The SMILES string of the molecule is CCOc1cc(OC)ccc1CNCC(=O)N1CCCC(c2ccc(C(=O)NC(C(=O)N3CCN(CC4CCN(CC(=O)N5CCN(C(=O)c6cc(Cc7n[nH]c(=O)c8ccccc78)ccc6F)CC5)CC4)CC3)C3CCCCC3)cc2)C1. The van der Waals surface area contributed by atoms with Crippen LogP contribution < -0.4 is 25.7 Å². The minimum Gasteiger partial charge on any atom is -0.497 e. The molecule has 5 amide bonds. The molecule has 5 heterocycles. The number of rotatable bonds is 19. The van der Waals surface area contributed by atoms with Crippen molar-refractivity contribution in [1.29, 1.82) is 0 Å². The Balaban J connectivity index is 0.640. The monoisotopic (exact) mass is 1140 g/mol. The number of piperazine rings is 2. The number of nitrogens with zero attached hydrogens (tertiary/aromatic N) is 7. The van der Waals surface area contributed by atoms with Gasteiger partial charge in [-0.15, -0.1) is 0 Å².